The number of benzene rings is 1. The topological polar surface area (TPSA) is 79.8 Å². The summed E-state index contributed by atoms with van der Waals surface area (Å²) in [7, 11) is 0. The lowest BCUT2D eigenvalue weighted by Crippen LogP contribution is -2.33. The van der Waals surface area contributed by atoms with Crippen LogP contribution in [-0.2, 0) is 11.2 Å². The Hall–Kier alpha value is -2.50. The average Bonchev–Trinajstić information content (AvgIpc) is 2.84. The highest BCUT2D eigenvalue weighted by Gasteiger charge is 2.26. The minimum Gasteiger partial charge on any atom is -0.373 e. The summed E-state index contributed by atoms with van der Waals surface area (Å²) < 4.78 is 0. The number of amides is 1. The lowest BCUT2D eigenvalue weighted by molar-refractivity contribution is -0.116. The van der Waals surface area contributed by atoms with Crippen molar-refractivity contribution in [3.63, 3.8) is 0 Å². The molecule has 1 aromatic heterocycles. The van der Waals surface area contributed by atoms with Gasteiger partial charge in [-0.2, -0.15) is 5.10 Å². The van der Waals surface area contributed by atoms with E-state index >= 15 is 0 Å². The molecule has 6 heteroatoms. The molecule has 0 bridgehead atoms. The van der Waals surface area contributed by atoms with Crippen LogP contribution < -0.4 is 10.6 Å². The molecule has 2 aromatic rings. The molecule has 0 aliphatic carbocycles. The Bertz CT molecular complexity index is 547. The van der Waals surface area contributed by atoms with Gasteiger partial charge in [0.25, 0.3) is 0 Å². The van der Waals surface area contributed by atoms with Gasteiger partial charge in [-0.15, -0.1) is 5.10 Å². The van der Waals surface area contributed by atoms with Crippen LogP contribution in [0.1, 0.15) is 5.56 Å². The average molecular weight is 241 g/mol. The number of hydrogen-bond donors (Lipinski definition) is 2. The minimum absolute atomic E-state index is 0.154. The normalized spacial score (nSPS) is 16.8. The molecule has 1 aliphatic heterocycles. The first-order valence-corrected chi connectivity index (χ1v) is 5.62. The van der Waals surface area contributed by atoms with Gasteiger partial charge in [0.15, 0.2) is 0 Å². The summed E-state index contributed by atoms with van der Waals surface area (Å²) in [6, 6.07) is 7.59. The van der Waals surface area contributed by atoms with Crippen LogP contribution in [0, 0.1) is 0 Å². The Labute approximate surface area is 103 Å². The Balaban J connectivity index is 1.70. The molecule has 3 rings (SSSR count). The molecule has 1 aromatic carbocycles. The molecular formula is C12H11N5O. The summed E-state index contributed by atoms with van der Waals surface area (Å²) in [6.07, 6.45) is 3.61. The van der Waals surface area contributed by atoms with Crippen LogP contribution in [0.25, 0.3) is 0 Å². The predicted molar refractivity (Wildman–Crippen MR) is 66.0 cm³/mol. The van der Waals surface area contributed by atoms with Gasteiger partial charge in [0.1, 0.15) is 6.04 Å². The lowest BCUT2D eigenvalue weighted by atomic mass is 10.1. The highest BCUT2D eigenvalue weighted by molar-refractivity contribution is 5.96. The second-order valence-corrected chi connectivity index (χ2v) is 4.01. The number of aromatic nitrogens is 3. The van der Waals surface area contributed by atoms with Crippen LogP contribution in [0.5, 0.6) is 0 Å². The zero-order chi connectivity index (χ0) is 12.4. The summed E-state index contributed by atoms with van der Waals surface area (Å²) in [5.74, 6) is 0.0689. The van der Waals surface area contributed by atoms with Crippen LogP contribution in [-0.4, -0.2) is 27.1 Å². The molecule has 1 amide bonds. The van der Waals surface area contributed by atoms with Gasteiger partial charge < -0.3 is 5.32 Å². The summed E-state index contributed by atoms with van der Waals surface area (Å²) >= 11 is 0. The summed E-state index contributed by atoms with van der Waals surface area (Å²) in [4.78, 5) is 15.9. The monoisotopic (exact) mass is 241 g/mol. The van der Waals surface area contributed by atoms with Crippen LogP contribution in [0.2, 0.25) is 0 Å². The summed E-state index contributed by atoms with van der Waals surface area (Å²) in [6.45, 7) is 0. The molecular weight excluding hydrogens is 230 g/mol. The van der Waals surface area contributed by atoms with Gasteiger partial charge in [0.05, 0.1) is 12.4 Å². The molecule has 2 N–H and O–H groups in total. The Kier molecular flexibility index (Phi) is 2.60. The van der Waals surface area contributed by atoms with Crippen molar-refractivity contribution in [3.8, 4) is 0 Å². The molecule has 0 spiro atoms. The Morgan fingerprint density at radius 1 is 1.33 bits per heavy atom. The van der Waals surface area contributed by atoms with E-state index in [2.05, 4.69) is 25.8 Å². The lowest BCUT2D eigenvalue weighted by Gasteiger charge is -2.10. The van der Waals surface area contributed by atoms with E-state index in [0.29, 0.717) is 6.42 Å². The number of anilines is 2. The van der Waals surface area contributed by atoms with Crippen LogP contribution in [0.3, 0.4) is 0 Å². The van der Waals surface area contributed by atoms with E-state index in [1.165, 1.54) is 12.4 Å². The number of carbonyl (C=O) groups excluding carboxylic acids is 1. The summed E-state index contributed by atoms with van der Waals surface area (Å²) in [5, 5.41) is 13.2. The predicted octanol–water partition coefficient (Wildman–Crippen LogP) is 0.847. The number of nitrogens with zero attached hydrogens (tertiary/aromatic N) is 3. The van der Waals surface area contributed by atoms with E-state index in [1.807, 2.05) is 24.3 Å². The molecule has 1 unspecified atom stereocenters. The molecule has 1 aliphatic rings. The number of nitrogens with one attached hydrogen (secondary N) is 2. The van der Waals surface area contributed by atoms with Crippen molar-refractivity contribution in [1.82, 2.24) is 15.2 Å². The van der Waals surface area contributed by atoms with Crippen molar-refractivity contribution in [2.45, 2.75) is 12.5 Å². The number of rotatable bonds is 2. The zero-order valence-corrected chi connectivity index (χ0v) is 9.50. The van der Waals surface area contributed by atoms with Crippen molar-refractivity contribution in [3.05, 3.63) is 42.2 Å². The molecule has 0 fully saturated rings. The van der Waals surface area contributed by atoms with E-state index in [9.17, 15) is 4.79 Å². The fraction of sp³-hybridized carbons (Fsp3) is 0.167. The van der Waals surface area contributed by atoms with E-state index in [-0.39, 0.29) is 17.9 Å². The highest BCUT2D eigenvalue weighted by Crippen LogP contribution is 2.25. The van der Waals surface area contributed by atoms with E-state index in [1.54, 1.807) is 0 Å². The second-order valence-electron chi connectivity index (χ2n) is 4.01. The maximum atomic E-state index is 12.0. The smallest absolute Gasteiger partial charge is 0.249 e. The van der Waals surface area contributed by atoms with Gasteiger partial charge in [0.2, 0.25) is 11.9 Å². The summed E-state index contributed by atoms with van der Waals surface area (Å²) in [5.41, 5.74) is 2.15. The number of hydrogen-bond acceptors (Lipinski definition) is 5. The quantitative estimate of drug-likeness (QED) is 0.814. The van der Waals surface area contributed by atoms with Gasteiger partial charge in [-0.3, -0.25) is 10.1 Å². The van der Waals surface area contributed by atoms with Gasteiger partial charge in [0, 0.05) is 12.1 Å². The molecule has 0 saturated heterocycles. The SMILES string of the molecule is O=C(Nc1nccnn1)C1Cc2ccccc2N1. The Morgan fingerprint density at radius 3 is 3.00 bits per heavy atom. The first kappa shape index (κ1) is 10.6. The van der Waals surface area contributed by atoms with Crippen molar-refractivity contribution >= 4 is 17.5 Å². The van der Waals surface area contributed by atoms with Gasteiger partial charge in [-0.1, -0.05) is 18.2 Å². The highest BCUT2D eigenvalue weighted by atomic mass is 16.2. The maximum absolute atomic E-state index is 12.0. The van der Waals surface area contributed by atoms with Crippen molar-refractivity contribution in [2.75, 3.05) is 10.6 Å². The van der Waals surface area contributed by atoms with Crippen LogP contribution in [0.4, 0.5) is 11.6 Å². The van der Waals surface area contributed by atoms with E-state index in [0.717, 1.165) is 11.3 Å². The third-order valence-corrected chi connectivity index (χ3v) is 2.81. The fourth-order valence-corrected chi connectivity index (χ4v) is 1.96. The van der Waals surface area contributed by atoms with Crippen molar-refractivity contribution in [1.29, 1.82) is 0 Å². The molecule has 0 radical (unpaired) electrons. The molecule has 0 saturated carbocycles. The van der Waals surface area contributed by atoms with E-state index < -0.39 is 0 Å². The van der Waals surface area contributed by atoms with Gasteiger partial charge in [-0.25, -0.2) is 4.98 Å². The number of fused-ring (bicyclic) bond motifs is 1. The van der Waals surface area contributed by atoms with Crippen LogP contribution in [0.15, 0.2) is 36.7 Å². The Morgan fingerprint density at radius 2 is 2.22 bits per heavy atom. The number of carbonyl (C=O) groups is 1. The molecule has 2 heterocycles. The second kappa shape index (κ2) is 4.40. The first-order chi connectivity index (χ1) is 8.83. The van der Waals surface area contributed by atoms with E-state index in [4.69, 9.17) is 0 Å². The standard InChI is InChI=1S/C12H11N5O/c18-11(16-12-13-5-6-14-17-12)10-7-8-3-1-2-4-9(8)15-10/h1-6,10,15H,7H2,(H,13,16,17,18). The first-order valence-electron chi connectivity index (χ1n) is 5.62. The molecule has 18 heavy (non-hydrogen) atoms. The fourth-order valence-electron chi connectivity index (χ4n) is 1.96. The third-order valence-electron chi connectivity index (χ3n) is 2.81. The van der Waals surface area contributed by atoms with Gasteiger partial charge in [-0.05, 0) is 11.6 Å². The van der Waals surface area contributed by atoms with Crippen molar-refractivity contribution < 1.29 is 4.79 Å². The molecule has 6 nitrogen and oxygen atoms in total. The maximum Gasteiger partial charge on any atom is 0.249 e. The van der Waals surface area contributed by atoms with Gasteiger partial charge >= 0.3 is 0 Å². The largest absolute Gasteiger partial charge is 0.373 e. The zero-order valence-electron chi connectivity index (χ0n) is 9.50. The molecule has 90 valence electrons. The number of para-hydroxylation sites is 1. The molecule has 1 atom stereocenters. The third kappa shape index (κ3) is 2.00. The minimum atomic E-state index is -0.286. The van der Waals surface area contributed by atoms with Crippen LogP contribution >= 0.6 is 0 Å². The van der Waals surface area contributed by atoms with Crippen molar-refractivity contribution in [2.24, 2.45) is 0 Å².